The van der Waals surface area contributed by atoms with E-state index in [2.05, 4.69) is 115 Å². The highest BCUT2D eigenvalue weighted by Crippen LogP contribution is 2.41. The summed E-state index contributed by atoms with van der Waals surface area (Å²) in [4.78, 5) is 10.4. The molecule has 0 N–H and O–H groups in total. The van der Waals surface area contributed by atoms with Crippen molar-refractivity contribution in [3.8, 4) is 33.9 Å². The fourth-order valence-corrected chi connectivity index (χ4v) is 6.47. The smallest absolute Gasteiger partial charge is 0.160 e. The highest BCUT2D eigenvalue weighted by molar-refractivity contribution is 6.20. The first kappa shape index (κ1) is 23.9. The predicted molar refractivity (Wildman–Crippen MR) is 178 cm³/mol. The Morgan fingerprint density at radius 3 is 2.00 bits per heavy atom. The minimum absolute atomic E-state index is 0.683. The summed E-state index contributed by atoms with van der Waals surface area (Å²) in [6.45, 7) is 0. The second-order valence-electron chi connectivity index (χ2n) is 11.0. The maximum Gasteiger partial charge on any atom is 0.160 e. The molecule has 3 heteroatoms. The Morgan fingerprint density at radius 2 is 1.12 bits per heavy atom. The number of para-hydroxylation sites is 2. The highest BCUT2D eigenvalue weighted by atomic mass is 16.3. The number of rotatable bonds is 3. The quantitative estimate of drug-likeness (QED) is 0.163. The van der Waals surface area contributed by atoms with Crippen LogP contribution in [0.2, 0.25) is 0 Å². The summed E-state index contributed by atoms with van der Waals surface area (Å²) >= 11 is 0. The molecule has 0 fully saturated rings. The number of nitrogens with zero attached hydrogens (tertiary/aromatic N) is 2. The Labute approximate surface area is 247 Å². The van der Waals surface area contributed by atoms with Gasteiger partial charge in [0.25, 0.3) is 0 Å². The minimum Gasteiger partial charge on any atom is -0.455 e. The van der Waals surface area contributed by atoms with Crippen LogP contribution in [0.15, 0.2) is 150 Å². The maximum atomic E-state index is 6.46. The summed E-state index contributed by atoms with van der Waals surface area (Å²) < 4.78 is 6.46. The molecule has 0 amide bonds. The summed E-state index contributed by atoms with van der Waals surface area (Å²) in [5, 5.41) is 9.37. The summed E-state index contributed by atoms with van der Waals surface area (Å²) in [7, 11) is 0. The summed E-state index contributed by atoms with van der Waals surface area (Å²) in [6, 6.07) is 50.8. The van der Waals surface area contributed by atoms with Gasteiger partial charge in [-0.2, -0.15) is 0 Å². The van der Waals surface area contributed by atoms with Crippen LogP contribution < -0.4 is 0 Å². The number of benzene rings is 7. The molecule has 9 rings (SSSR count). The molecule has 0 aliphatic carbocycles. The third-order valence-corrected chi connectivity index (χ3v) is 8.46. The Morgan fingerprint density at radius 1 is 0.419 bits per heavy atom. The molecule has 0 bridgehead atoms. The fourth-order valence-electron chi connectivity index (χ4n) is 6.47. The SMILES string of the molecule is c1ccc(-c2nc(-c3c4ccccc4cc4c3ccc3ccccc34)cc(-c3cccc4c3oc3ccccc34)n2)cc1. The first-order chi connectivity index (χ1) is 21.3. The molecule has 0 aliphatic heterocycles. The van der Waals surface area contributed by atoms with E-state index in [1.54, 1.807) is 0 Å². The van der Waals surface area contributed by atoms with E-state index < -0.39 is 0 Å². The van der Waals surface area contributed by atoms with Crippen LogP contribution in [0.25, 0.3) is 88.2 Å². The fraction of sp³-hybridized carbons (Fsp3) is 0. The lowest BCUT2D eigenvalue weighted by atomic mass is 9.91. The van der Waals surface area contributed by atoms with E-state index in [0.29, 0.717) is 5.82 Å². The van der Waals surface area contributed by atoms with E-state index in [1.165, 1.54) is 26.9 Å². The lowest BCUT2D eigenvalue weighted by Crippen LogP contribution is -1.97. The Kier molecular flexibility index (Phi) is 5.20. The Bertz CT molecular complexity index is 2510. The molecule has 43 heavy (non-hydrogen) atoms. The molecule has 0 atom stereocenters. The van der Waals surface area contributed by atoms with Crippen LogP contribution in [0.5, 0.6) is 0 Å². The van der Waals surface area contributed by atoms with Gasteiger partial charge in [0.2, 0.25) is 0 Å². The summed E-state index contributed by atoms with van der Waals surface area (Å²) in [5.74, 6) is 0.683. The molecule has 2 heterocycles. The van der Waals surface area contributed by atoms with Crippen LogP contribution >= 0.6 is 0 Å². The van der Waals surface area contributed by atoms with Gasteiger partial charge in [-0.25, -0.2) is 9.97 Å². The molecule has 3 nitrogen and oxygen atoms in total. The van der Waals surface area contributed by atoms with Crippen LogP contribution in [0.3, 0.4) is 0 Å². The molecule has 0 saturated carbocycles. The average molecular weight is 549 g/mol. The standard InChI is InChI=1S/C40H24N2O/c1-2-12-26(13-3-1)40-41-35(33-19-10-18-32-30-17-8-9-20-37(30)43-39(32)33)24-36(42-40)38-29-16-7-5-14-27(29)23-34-28-15-6-4-11-25(28)21-22-31(34)38/h1-24H. The molecular weight excluding hydrogens is 524 g/mol. The molecule has 9 aromatic rings. The molecule has 0 radical (unpaired) electrons. The van der Waals surface area contributed by atoms with Crippen molar-refractivity contribution < 1.29 is 4.42 Å². The first-order valence-electron chi connectivity index (χ1n) is 14.5. The molecule has 2 aromatic heterocycles. The van der Waals surface area contributed by atoms with E-state index in [0.717, 1.165) is 55.4 Å². The van der Waals surface area contributed by atoms with Gasteiger partial charge in [0, 0.05) is 27.5 Å². The van der Waals surface area contributed by atoms with Crippen molar-refractivity contribution in [2.45, 2.75) is 0 Å². The predicted octanol–water partition coefficient (Wildman–Crippen LogP) is 10.8. The Hall–Kier alpha value is -5.80. The van der Waals surface area contributed by atoms with Gasteiger partial charge in [-0.1, -0.05) is 121 Å². The van der Waals surface area contributed by atoms with Crippen LogP contribution in [-0.4, -0.2) is 9.97 Å². The average Bonchev–Trinajstić information content (AvgIpc) is 3.46. The molecule has 7 aromatic carbocycles. The van der Waals surface area contributed by atoms with Gasteiger partial charge in [-0.3, -0.25) is 0 Å². The number of hydrogen-bond donors (Lipinski definition) is 0. The topological polar surface area (TPSA) is 38.9 Å². The molecule has 0 unspecified atom stereocenters. The number of furan rings is 1. The van der Waals surface area contributed by atoms with E-state index in [-0.39, 0.29) is 0 Å². The second kappa shape index (κ2) is 9.37. The zero-order chi connectivity index (χ0) is 28.3. The van der Waals surface area contributed by atoms with Crippen molar-refractivity contribution in [3.05, 3.63) is 146 Å². The minimum atomic E-state index is 0.683. The lowest BCUT2D eigenvalue weighted by molar-refractivity contribution is 0.670. The maximum absolute atomic E-state index is 6.46. The number of hydrogen-bond acceptors (Lipinski definition) is 3. The number of aromatic nitrogens is 2. The Balaban J connectivity index is 1.40. The van der Waals surface area contributed by atoms with Gasteiger partial charge in [0.1, 0.15) is 11.2 Å². The van der Waals surface area contributed by atoms with Gasteiger partial charge in [-0.15, -0.1) is 0 Å². The highest BCUT2D eigenvalue weighted by Gasteiger charge is 2.19. The summed E-state index contributed by atoms with van der Waals surface area (Å²) in [5.41, 5.74) is 6.44. The molecule has 200 valence electrons. The zero-order valence-corrected chi connectivity index (χ0v) is 23.2. The van der Waals surface area contributed by atoms with Crippen LogP contribution in [0.1, 0.15) is 0 Å². The molecule has 0 saturated heterocycles. The van der Waals surface area contributed by atoms with Crippen molar-refractivity contribution in [2.24, 2.45) is 0 Å². The third-order valence-electron chi connectivity index (χ3n) is 8.46. The molecule has 0 aliphatic rings. The van der Waals surface area contributed by atoms with E-state index in [1.807, 2.05) is 30.3 Å². The van der Waals surface area contributed by atoms with Gasteiger partial charge >= 0.3 is 0 Å². The number of fused-ring (bicyclic) bond motifs is 7. The van der Waals surface area contributed by atoms with Crippen LogP contribution in [0, 0.1) is 0 Å². The third kappa shape index (κ3) is 3.75. The normalized spacial score (nSPS) is 11.7. The second-order valence-corrected chi connectivity index (χ2v) is 11.0. The van der Waals surface area contributed by atoms with Gasteiger partial charge in [-0.05, 0) is 56.6 Å². The van der Waals surface area contributed by atoms with E-state index in [9.17, 15) is 0 Å². The van der Waals surface area contributed by atoms with Crippen molar-refractivity contribution in [3.63, 3.8) is 0 Å². The zero-order valence-electron chi connectivity index (χ0n) is 23.2. The van der Waals surface area contributed by atoms with Crippen molar-refractivity contribution in [1.82, 2.24) is 9.97 Å². The van der Waals surface area contributed by atoms with Crippen molar-refractivity contribution >= 4 is 54.3 Å². The monoisotopic (exact) mass is 548 g/mol. The van der Waals surface area contributed by atoms with E-state index >= 15 is 0 Å². The molecular formula is C40H24N2O. The van der Waals surface area contributed by atoms with Crippen molar-refractivity contribution in [2.75, 3.05) is 0 Å². The summed E-state index contributed by atoms with van der Waals surface area (Å²) in [6.07, 6.45) is 0. The largest absolute Gasteiger partial charge is 0.455 e. The van der Waals surface area contributed by atoms with Gasteiger partial charge in [0.05, 0.1) is 11.4 Å². The van der Waals surface area contributed by atoms with Crippen LogP contribution in [0.4, 0.5) is 0 Å². The van der Waals surface area contributed by atoms with Gasteiger partial charge in [0.15, 0.2) is 5.82 Å². The van der Waals surface area contributed by atoms with Crippen LogP contribution in [-0.2, 0) is 0 Å². The lowest BCUT2D eigenvalue weighted by Gasteiger charge is -2.15. The van der Waals surface area contributed by atoms with Gasteiger partial charge < -0.3 is 4.42 Å². The van der Waals surface area contributed by atoms with Crippen molar-refractivity contribution in [1.29, 1.82) is 0 Å². The first-order valence-corrected chi connectivity index (χ1v) is 14.5. The van der Waals surface area contributed by atoms with E-state index in [4.69, 9.17) is 14.4 Å². The molecule has 0 spiro atoms.